The normalized spacial score (nSPS) is 10.5. The molecule has 0 N–H and O–H groups in total. The molecule has 1 aromatic rings. The third kappa shape index (κ3) is 3.86. The second kappa shape index (κ2) is 6.38. The van der Waals surface area contributed by atoms with Crippen LogP contribution >= 0.6 is 0 Å². The highest BCUT2D eigenvalue weighted by Gasteiger charge is 2.07. The molecule has 0 amide bonds. The quantitative estimate of drug-likeness (QED) is 0.510. The van der Waals surface area contributed by atoms with Crippen LogP contribution < -0.4 is 0 Å². The number of hydrogen-bond acceptors (Lipinski definition) is 2. The molecule has 0 aliphatic rings. The van der Waals surface area contributed by atoms with Crippen molar-refractivity contribution < 1.29 is 4.79 Å². The Labute approximate surface area is 91.5 Å². The standard InChI is InChI=1S/C12H20N2O/c1-3-5-6-7-12(15)11-9-13-14(10-11)8-4-2/h9-10H,3-8H2,1-2H3. The number of nitrogens with zero attached hydrogens (tertiary/aromatic N) is 2. The van der Waals surface area contributed by atoms with E-state index in [9.17, 15) is 4.79 Å². The molecule has 0 fully saturated rings. The number of rotatable bonds is 7. The predicted molar refractivity (Wildman–Crippen MR) is 61.0 cm³/mol. The molecule has 84 valence electrons. The van der Waals surface area contributed by atoms with Crippen LogP contribution in [0.3, 0.4) is 0 Å². The molecule has 0 aliphatic heterocycles. The van der Waals surface area contributed by atoms with E-state index in [-0.39, 0.29) is 5.78 Å². The zero-order valence-electron chi connectivity index (χ0n) is 9.70. The smallest absolute Gasteiger partial charge is 0.166 e. The van der Waals surface area contributed by atoms with Crippen molar-refractivity contribution in [3.8, 4) is 0 Å². The molecule has 1 aromatic heterocycles. The molecule has 0 spiro atoms. The van der Waals surface area contributed by atoms with Gasteiger partial charge in [-0.2, -0.15) is 5.10 Å². The number of hydrogen-bond donors (Lipinski definition) is 0. The lowest BCUT2D eigenvalue weighted by Crippen LogP contribution is -1.98. The maximum atomic E-state index is 11.7. The van der Waals surface area contributed by atoms with Crippen LogP contribution in [-0.2, 0) is 6.54 Å². The summed E-state index contributed by atoms with van der Waals surface area (Å²) in [5.74, 6) is 0.228. The lowest BCUT2D eigenvalue weighted by atomic mass is 10.1. The molecule has 0 saturated carbocycles. The van der Waals surface area contributed by atoms with Gasteiger partial charge in [0.05, 0.1) is 11.8 Å². The largest absolute Gasteiger partial charge is 0.294 e. The molecule has 0 aromatic carbocycles. The van der Waals surface area contributed by atoms with Gasteiger partial charge in [-0.05, 0) is 12.8 Å². The fraction of sp³-hybridized carbons (Fsp3) is 0.667. The first kappa shape index (κ1) is 12.0. The number of carbonyl (C=O) groups excluding carboxylic acids is 1. The van der Waals surface area contributed by atoms with E-state index in [2.05, 4.69) is 18.9 Å². The lowest BCUT2D eigenvalue weighted by molar-refractivity contribution is 0.0979. The highest BCUT2D eigenvalue weighted by Crippen LogP contribution is 2.07. The fourth-order valence-electron chi connectivity index (χ4n) is 1.54. The number of aryl methyl sites for hydroxylation is 1. The predicted octanol–water partition coefficient (Wildman–Crippen LogP) is 3.06. The maximum Gasteiger partial charge on any atom is 0.166 e. The highest BCUT2D eigenvalue weighted by atomic mass is 16.1. The van der Waals surface area contributed by atoms with Gasteiger partial charge in [-0.15, -0.1) is 0 Å². The van der Waals surface area contributed by atoms with Crippen LogP contribution in [0.15, 0.2) is 12.4 Å². The third-order valence-electron chi connectivity index (χ3n) is 2.42. The summed E-state index contributed by atoms with van der Waals surface area (Å²) in [6.07, 6.45) is 8.53. The van der Waals surface area contributed by atoms with Gasteiger partial charge >= 0.3 is 0 Å². The highest BCUT2D eigenvalue weighted by molar-refractivity contribution is 5.95. The summed E-state index contributed by atoms with van der Waals surface area (Å²) in [5.41, 5.74) is 0.763. The zero-order valence-corrected chi connectivity index (χ0v) is 9.70. The Balaban J connectivity index is 2.43. The molecule has 1 heterocycles. The minimum Gasteiger partial charge on any atom is -0.294 e. The molecule has 1 rings (SSSR count). The van der Waals surface area contributed by atoms with Gasteiger partial charge in [-0.1, -0.05) is 26.7 Å². The molecule has 0 saturated heterocycles. The molecule has 0 aliphatic carbocycles. The molecule has 0 unspecified atom stereocenters. The Morgan fingerprint density at radius 3 is 2.80 bits per heavy atom. The second-order valence-corrected chi connectivity index (χ2v) is 3.87. The van der Waals surface area contributed by atoms with Crippen molar-refractivity contribution in [2.45, 2.75) is 52.5 Å². The molecule has 0 atom stereocenters. The van der Waals surface area contributed by atoms with E-state index in [4.69, 9.17) is 0 Å². The van der Waals surface area contributed by atoms with E-state index in [0.29, 0.717) is 6.42 Å². The summed E-state index contributed by atoms with van der Waals surface area (Å²) in [6, 6.07) is 0. The monoisotopic (exact) mass is 208 g/mol. The van der Waals surface area contributed by atoms with Crippen molar-refractivity contribution >= 4 is 5.78 Å². The molecule has 3 nitrogen and oxygen atoms in total. The number of aromatic nitrogens is 2. The molecule has 15 heavy (non-hydrogen) atoms. The summed E-state index contributed by atoms with van der Waals surface area (Å²) >= 11 is 0. The Morgan fingerprint density at radius 2 is 2.13 bits per heavy atom. The van der Waals surface area contributed by atoms with Crippen LogP contribution in [0, 0.1) is 0 Å². The maximum absolute atomic E-state index is 11.7. The number of Topliss-reactive ketones (excluding diaryl/α,β-unsaturated/α-hetero) is 1. The SMILES string of the molecule is CCCCCC(=O)c1cnn(CCC)c1. The van der Waals surface area contributed by atoms with Gasteiger partial charge in [-0.3, -0.25) is 9.48 Å². The summed E-state index contributed by atoms with van der Waals surface area (Å²) in [7, 11) is 0. The van der Waals surface area contributed by atoms with Crippen LogP contribution in [-0.4, -0.2) is 15.6 Å². The van der Waals surface area contributed by atoms with Crippen LogP contribution in [0.25, 0.3) is 0 Å². The first-order valence-electron chi connectivity index (χ1n) is 5.83. The zero-order chi connectivity index (χ0) is 11.1. The first-order valence-corrected chi connectivity index (χ1v) is 5.83. The summed E-state index contributed by atoms with van der Waals surface area (Å²) in [4.78, 5) is 11.7. The van der Waals surface area contributed by atoms with Crippen molar-refractivity contribution in [2.75, 3.05) is 0 Å². The fourth-order valence-corrected chi connectivity index (χ4v) is 1.54. The van der Waals surface area contributed by atoms with Crippen molar-refractivity contribution in [3.63, 3.8) is 0 Å². The number of ketones is 1. The van der Waals surface area contributed by atoms with Crippen LogP contribution in [0.5, 0.6) is 0 Å². The van der Waals surface area contributed by atoms with Crippen molar-refractivity contribution in [3.05, 3.63) is 18.0 Å². The van der Waals surface area contributed by atoms with Crippen molar-refractivity contribution in [1.29, 1.82) is 0 Å². The Hall–Kier alpha value is -1.12. The Kier molecular flexibility index (Phi) is 5.08. The average molecular weight is 208 g/mol. The third-order valence-corrected chi connectivity index (χ3v) is 2.42. The Bertz CT molecular complexity index is 304. The molecular weight excluding hydrogens is 188 g/mol. The van der Waals surface area contributed by atoms with Crippen molar-refractivity contribution in [1.82, 2.24) is 9.78 Å². The number of unbranched alkanes of at least 4 members (excludes halogenated alkanes) is 2. The van der Waals surface area contributed by atoms with E-state index in [0.717, 1.165) is 37.8 Å². The van der Waals surface area contributed by atoms with Gasteiger partial charge in [0.1, 0.15) is 0 Å². The Morgan fingerprint density at radius 1 is 1.33 bits per heavy atom. The van der Waals surface area contributed by atoms with Crippen LogP contribution in [0.2, 0.25) is 0 Å². The van der Waals surface area contributed by atoms with E-state index in [1.54, 1.807) is 6.20 Å². The topological polar surface area (TPSA) is 34.9 Å². The first-order chi connectivity index (χ1) is 7.27. The lowest BCUT2D eigenvalue weighted by Gasteiger charge is -1.97. The summed E-state index contributed by atoms with van der Waals surface area (Å²) < 4.78 is 1.84. The molecule has 0 radical (unpaired) electrons. The van der Waals surface area contributed by atoms with E-state index in [1.165, 1.54) is 0 Å². The molecule has 3 heteroatoms. The van der Waals surface area contributed by atoms with Gasteiger partial charge in [0.25, 0.3) is 0 Å². The van der Waals surface area contributed by atoms with E-state index >= 15 is 0 Å². The van der Waals surface area contributed by atoms with Gasteiger partial charge in [0.15, 0.2) is 5.78 Å². The number of carbonyl (C=O) groups is 1. The van der Waals surface area contributed by atoms with Gasteiger partial charge in [0, 0.05) is 19.2 Å². The summed E-state index contributed by atoms with van der Waals surface area (Å²) in [5, 5.41) is 4.15. The van der Waals surface area contributed by atoms with E-state index < -0.39 is 0 Å². The molecule has 0 bridgehead atoms. The van der Waals surface area contributed by atoms with Gasteiger partial charge in [-0.25, -0.2) is 0 Å². The van der Waals surface area contributed by atoms with E-state index in [1.807, 2.05) is 10.9 Å². The average Bonchev–Trinajstić information content (AvgIpc) is 2.67. The van der Waals surface area contributed by atoms with Gasteiger partial charge in [0.2, 0.25) is 0 Å². The minimum absolute atomic E-state index is 0.228. The van der Waals surface area contributed by atoms with Crippen molar-refractivity contribution in [2.24, 2.45) is 0 Å². The van der Waals surface area contributed by atoms with Crippen LogP contribution in [0.4, 0.5) is 0 Å². The van der Waals surface area contributed by atoms with Crippen LogP contribution in [0.1, 0.15) is 56.3 Å². The molecular formula is C12H20N2O. The summed E-state index contributed by atoms with van der Waals surface area (Å²) in [6.45, 7) is 5.14. The van der Waals surface area contributed by atoms with Gasteiger partial charge < -0.3 is 0 Å². The second-order valence-electron chi connectivity index (χ2n) is 3.87. The minimum atomic E-state index is 0.228.